The van der Waals surface area contributed by atoms with E-state index in [1.807, 2.05) is 0 Å². The van der Waals surface area contributed by atoms with Gasteiger partial charge in [-0.05, 0) is 6.42 Å². The average molecular weight is 303 g/mol. The number of halogens is 2. The van der Waals surface area contributed by atoms with Gasteiger partial charge >= 0.3 is 27.2 Å². The number of rotatable bonds is 7. The maximum atomic E-state index is 12.7. The predicted octanol–water partition coefficient (Wildman–Crippen LogP) is 0.173. The van der Waals surface area contributed by atoms with Gasteiger partial charge in [0.1, 0.15) is 6.61 Å². The molecule has 0 rings (SSSR count). The third-order valence-electron chi connectivity index (χ3n) is 2.23. The quantitative estimate of drug-likeness (QED) is 0.394. The van der Waals surface area contributed by atoms with E-state index in [1.54, 1.807) is 13.8 Å². The van der Waals surface area contributed by atoms with Crippen LogP contribution in [0.3, 0.4) is 0 Å². The second-order valence-electron chi connectivity index (χ2n) is 3.72. The molecular weight excluding hydrogens is 288 g/mol. The van der Waals surface area contributed by atoms with Crippen LogP contribution >= 0.6 is 0 Å². The predicted molar refractivity (Wildman–Crippen MR) is 59.9 cm³/mol. The number of hydrogen-bond donors (Lipinski definition) is 2. The number of alkyl halides is 2. The van der Waals surface area contributed by atoms with E-state index in [0.29, 0.717) is 6.42 Å². The van der Waals surface area contributed by atoms with Crippen LogP contribution in [0.15, 0.2) is 0 Å². The molecule has 1 amide bonds. The van der Waals surface area contributed by atoms with Crippen molar-refractivity contribution in [1.82, 2.24) is 5.32 Å². The molecule has 0 heterocycles. The molecule has 0 aliphatic carbocycles. The van der Waals surface area contributed by atoms with E-state index in [4.69, 9.17) is 4.55 Å². The lowest BCUT2D eigenvalue weighted by Gasteiger charge is -2.13. The number of nitrogens with one attached hydrogen (secondary N) is 1. The van der Waals surface area contributed by atoms with Crippen LogP contribution in [0.4, 0.5) is 8.78 Å². The number of hydrogen-bond acceptors (Lipinski definition) is 5. The largest absolute Gasteiger partial charge is 0.464 e. The minimum Gasteiger partial charge on any atom is -0.464 e. The maximum absolute atomic E-state index is 12.7. The lowest BCUT2D eigenvalue weighted by atomic mass is 10.1. The van der Waals surface area contributed by atoms with Crippen LogP contribution in [0.25, 0.3) is 0 Å². The fourth-order valence-corrected chi connectivity index (χ4v) is 1.15. The van der Waals surface area contributed by atoms with Gasteiger partial charge < -0.3 is 10.1 Å². The first kappa shape index (κ1) is 17.7. The van der Waals surface area contributed by atoms with Gasteiger partial charge in [-0.15, -0.1) is 0 Å². The third kappa shape index (κ3) is 5.07. The molecule has 0 bridgehead atoms. The molecule has 0 aromatic carbocycles. The minimum atomic E-state index is -5.83. The van der Waals surface area contributed by atoms with Gasteiger partial charge in [0.2, 0.25) is 0 Å². The van der Waals surface area contributed by atoms with Gasteiger partial charge in [0.15, 0.2) is 0 Å². The molecule has 0 aliphatic rings. The summed E-state index contributed by atoms with van der Waals surface area (Å²) in [5.41, 5.74) is 0. The summed E-state index contributed by atoms with van der Waals surface area (Å²) >= 11 is 0. The van der Waals surface area contributed by atoms with Crippen LogP contribution in [-0.2, 0) is 24.4 Å². The van der Waals surface area contributed by atoms with Crippen molar-refractivity contribution in [3.63, 3.8) is 0 Å². The molecule has 0 spiro atoms. The standard InChI is InChI=1S/C9H15F2NO6S/c1-3-6(2)7(13)18-5-4-12-8(14)9(10,11)19(15,16)17/h6H,3-5H2,1-2H3,(H,12,14)(H,15,16,17). The summed E-state index contributed by atoms with van der Waals surface area (Å²) in [5, 5.41) is -3.40. The lowest BCUT2D eigenvalue weighted by molar-refractivity contribution is -0.148. The Labute approximate surface area is 109 Å². The highest BCUT2D eigenvalue weighted by Crippen LogP contribution is 2.20. The van der Waals surface area contributed by atoms with Crippen molar-refractivity contribution in [3.05, 3.63) is 0 Å². The van der Waals surface area contributed by atoms with Gasteiger partial charge in [-0.1, -0.05) is 13.8 Å². The van der Waals surface area contributed by atoms with E-state index in [9.17, 15) is 26.8 Å². The van der Waals surface area contributed by atoms with Gasteiger partial charge in [-0.3, -0.25) is 14.1 Å². The van der Waals surface area contributed by atoms with E-state index in [1.165, 1.54) is 5.32 Å². The molecule has 0 aromatic rings. The van der Waals surface area contributed by atoms with Crippen molar-refractivity contribution in [1.29, 1.82) is 0 Å². The van der Waals surface area contributed by atoms with Crippen LogP contribution in [0.2, 0.25) is 0 Å². The Hall–Kier alpha value is -1.29. The van der Waals surface area contributed by atoms with Crippen molar-refractivity contribution >= 4 is 22.0 Å². The Morgan fingerprint density at radius 2 is 1.95 bits per heavy atom. The monoisotopic (exact) mass is 303 g/mol. The fraction of sp³-hybridized carbons (Fsp3) is 0.778. The zero-order valence-corrected chi connectivity index (χ0v) is 11.2. The fourth-order valence-electron chi connectivity index (χ4n) is 0.845. The first-order chi connectivity index (χ1) is 8.54. The average Bonchev–Trinajstić information content (AvgIpc) is 2.31. The van der Waals surface area contributed by atoms with E-state index in [-0.39, 0.29) is 12.5 Å². The molecule has 0 saturated heterocycles. The molecule has 7 nitrogen and oxygen atoms in total. The molecule has 0 aromatic heterocycles. The Morgan fingerprint density at radius 3 is 2.37 bits per heavy atom. The highest BCUT2D eigenvalue weighted by molar-refractivity contribution is 7.87. The number of carbonyl (C=O) groups is 2. The molecule has 1 atom stereocenters. The van der Waals surface area contributed by atoms with Crippen molar-refractivity contribution in [2.24, 2.45) is 5.92 Å². The summed E-state index contributed by atoms with van der Waals surface area (Å²) in [6.07, 6.45) is 0.534. The topological polar surface area (TPSA) is 110 Å². The van der Waals surface area contributed by atoms with Gasteiger partial charge in [-0.25, -0.2) is 0 Å². The Kier molecular flexibility index (Phi) is 6.30. The summed E-state index contributed by atoms with van der Waals surface area (Å²) in [4.78, 5) is 22.0. The highest BCUT2D eigenvalue weighted by atomic mass is 32.2. The minimum absolute atomic E-state index is 0.366. The molecular formula is C9H15F2NO6S. The van der Waals surface area contributed by atoms with Crippen LogP contribution in [0.5, 0.6) is 0 Å². The smallest absolute Gasteiger partial charge is 0.446 e. The molecule has 0 saturated carbocycles. The van der Waals surface area contributed by atoms with Gasteiger partial charge in [0.05, 0.1) is 12.5 Å². The van der Waals surface area contributed by atoms with Crippen LogP contribution < -0.4 is 5.32 Å². The van der Waals surface area contributed by atoms with E-state index >= 15 is 0 Å². The molecule has 112 valence electrons. The number of carbonyl (C=O) groups excluding carboxylic acids is 2. The zero-order valence-electron chi connectivity index (χ0n) is 10.4. The Balaban J connectivity index is 4.17. The maximum Gasteiger partial charge on any atom is 0.446 e. The number of ether oxygens (including phenoxy) is 1. The summed E-state index contributed by atoms with van der Waals surface area (Å²) in [5.74, 6) is -3.11. The normalized spacial score (nSPS) is 13.7. The second kappa shape index (κ2) is 6.75. The third-order valence-corrected chi connectivity index (χ3v) is 3.07. The number of esters is 1. The van der Waals surface area contributed by atoms with Gasteiger partial charge in [-0.2, -0.15) is 17.2 Å². The molecule has 19 heavy (non-hydrogen) atoms. The molecule has 2 N–H and O–H groups in total. The van der Waals surface area contributed by atoms with Crippen molar-refractivity contribution < 1.29 is 36.1 Å². The van der Waals surface area contributed by atoms with Crippen LogP contribution in [0, 0.1) is 5.92 Å². The van der Waals surface area contributed by atoms with Gasteiger partial charge in [0.25, 0.3) is 0 Å². The molecule has 10 heteroatoms. The van der Waals surface area contributed by atoms with E-state index in [0.717, 1.165) is 0 Å². The second-order valence-corrected chi connectivity index (χ2v) is 5.19. The molecule has 0 radical (unpaired) electrons. The van der Waals surface area contributed by atoms with Crippen LogP contribution in [-0.4, -0.2) is 43.3 Å². The zero-order chi connectivity index (χ0) is 15.3. The summed E-state index contributed by atoms with van der Waals surface area (Å²) in [7, 11) is -5.83. The number of amides is 1. The lowest BCUT2D eigenvalue weighted by Crippen LogP contribution is -2.46. The molecule has 0 fully saturated rings. The Bertz CT molecular complexity index is 436. The Morgan fingerprint density at radius 1 is 1.42 bits per heavy atom. The summed E-state index contributed by atoms with van der Waals surface area (Å²) < 4.78 is 58.7. The molecule has 1 unspecified atom stereocenters. The SMILES string of the molecule is CCC(C)C(=O)OCCNC(=O)C(F)(F)S(=O)(=O)O. The van der Waals surface area contributed by atoms with E-state index < -0.39 is 33.8 Å². The first-order valence-corrected chi connectivity index (χ1v) is 6.77. The van der Waals surface area contributed by atoms with E-state index in [2.05, 4.69) is 4.74 Å². The van der Waals surface area contributed by atoms with Crippen molar-refractivity contribution in [2.75, 3.05) is 13.2 Å². The van der Waals surface area contributed by atoms with Crippen LogP contribution in [0.1, 0.15) is 20.3 Å². The van der Waals surface area contributed by atoms with Crippen molar-refractivity contribution in [2.45, 2.75) is 25.5 Å². The van der Waals surface area contributed by atoms with Crippen molar-refractivity contribution in [3.8, 4) is 0 Å². The summed E-state index contributed by atoms with van der Waals surface area (Å²) in [6.45, 7) is 2.48. The molecule has 0 aliphatic heterocycles. The summed E-state index contributed by atoms with van der Waals surface area (Å²) in [6, 6.07) is 0. The highest BCUT2D eigenvalue weighted by Gasteiger charge is 2.52. The van der Waals surface area contributed by atoms with Gasteiger partial charge in [0, 0.05) is 0 Å². The first-order valence-electron chi connectivity index (χ1n) is 5.33.